The summed E-state index contributed by atoms with van der Waals surface area (Å²) in [6.45, 7) is 5.37. The summed E-state index contributed by atoms with van der Waals surface area (Å²) in [5.74, 6) is 0. The number of aromatic nitrogens is 1. The van der Waals surface area contributed by atoms with E-state index in [1.54, 1.807) is 0 Å². The van der Waals surface area contributed by atoms with Gasteiger partial charge in [0.1, 0.15) is 0 Å². The van der Waals surface area contributed by atoms with Gasteiger partial charge in [0.25, 0.3) is 0 Å². The maximum atomic E-state index is 4.31. The summed E-state index contributed by atoms with van der Waals surface area (Å²) < 4.78 is 1.03. The van der Waals surface area contributed by atoms with Gasteiger partial charge in [0.15, 0.2) is 0 Å². The van der Waals surface area contributed by atoms with E-state index in [0.717, 1.165) is 29.6 Å². The largest absolute Gasteiger partial charge is 0.314 e. The van der Waals surface area contributed by atoms with Crippen molar-refractivity contribution in [1.82, 2.24) is 10.3 Å². The molecule has 0 aliphatic heterocycles. The van der Waals surface area contributed by atoms with Gasteiger partial charge in [0.2, 0.25) is 0 Å². The lowest BCUT2D eigenvalue weighted by molar-refractivity contribution is 0.594. The molecule has 0 fully saturated rings. The van der Waals surface area contributed by atoms with E-state index in [2.05, 4.69) is 52.2 Å². The lowest BCUT2D eigenvalue weighted by Gasteiger charge is -2.04. The van der Waals surface area contributed by atoms with Crippen LogP contribution in [0.3, 0.4) is 0 Å². The number of pyridine rings is 1. The van der Waals surface area contributed by atoms with Crippen LogP contribution < -0.4 is 5.32 Å². The molecule has 1 N–H and O–H groups in total. The van der Waals surface area contributed by atoms with Crippen molar-refractivity contribution in [3.05, 3.63) is 40.6 Å². The molecule has 0 unspecified atom stereocenters. The van der Waals surface area contributed by atoms with Crippen molar-refractivity contribution in [3.63, 3.8) is 0 Å². The smallest absolute Gasteiger partial charge is 0.0442 e. The highest BCUT2D eigenvalue weighted by Gasteiger charge is 1.91. The highest BCUT2D eigenvalue weighted by molar-refractivity contribution is 9.10. The summed E-state index contributed by atoms with van der Waals surface area (Å²) in [4.78, 5) is 4.31. The molecule has 1 aromatic rings. The third-order valence-corrected chi connectivity index (χ3v) is 2.61. The first kappa shape index (κ1) is 13.4. The Labute approximate surface area is 106 Å². The molecule has 1 rings (SSSR count). The predicted molar refractivity (Wildman–Crippen MR) is 72.5 cm³/mol. The Morgan fingerprint density at radius 3 is 2.81 bits per heavy atom. The molecule has 3 heteroatoms. The van der Waals surface area contributed by atoms with Crippen molar-refractivity contribution in [3.8, 4) is 0 Å². The Morgan fingerprint density at radius 1 is 1.38 bits per heavy atom. The van der Waals surface area contributed by atoms with Crippen molar-refractivity contribution in [2.45, 2.75) is 32.7 Å². The summed E-state index contributed by atoms with van der Waals surface area (Å²) >= 11 is 3.37. The summed E-state index contributed by atoms with van der Waals surface area (Å²) in [7, 11) is 0. The molecule has 0 saturated carbocycles. The molecule has 0 bridgehead atoms. The molecule has 88 valence electrons. The molecule has 0 atom stereocenters. The van der Waals surface area contributed by atoms with Crippen molar-refractivity contribution < 1.29 is 0 Å². The Kier molecular flexibility index (Phi) is 6.34. The number of halogens is 1. The fraction of sp³-hybridized carbons (Fsp3) is 0.462. The van der Waals surface area contributed by atoms with Crippen LogP contribution in [-0.2, 0) is 6.42 Å². The number of allylic oxidation sites excluding steroid dienone is 1. The lowest BCUT2D eigenvalue weighted by Crippen LogP contribution is -2.23. The van der Waals surface area contributed by atoms with Crippen LogP contribution in [0.4, 0.5) is 0 Å². The zero-order valence-electron chi connectivity index (χ0n) is 9.91. The highest BCUT2D eigenvalue weighted by Crippen LogP contribution is 2.07. The molecule has 2 nitrogen and oxygen atoms in total. The van der Waals surface area contributed by atoms with Crippen LogP contribution in [0.15, 0.2) is 35.0 Å². The van der Waals surface area contributed by atoms with Gasteiger partial charge in [-0.25, -0.2) is 0 Å². The fourth-order valence-corrected chi connectivity index (χ4v) is 1.54. The van der Waals surface area contributed by atoms with Gasteiger partial charge in [-0.05, 0) is 41.0 Å². The van der Waals surface area contributed by atoms with E-state index in [1.807, 2.05) is 18.3 Å². The average Bonchev–Trinajstić information content (AvgIpc) is 2.25. The monoisotopic (exact) mass is 282 g/mol. The van der Waals surface area contributed by atoms with Gasteiger partial charge in [-0.15, -0.1) is 0 Å². The SMILES string of the molecule is CC(C)NCC/C=C/Cc1ccc(Br)cn1. The topological polar surface area (TPSA) is 24.9 Å². The van der Waals surface area contributed by atoms with Crippen LogP contribution >= 0.6 is 15.9 Å². The van der Waals surface area contributed by atoms with Crippen molar-refractivity contribution in [2.75, 3.05) is 6.54 Å². The summed E-state index contributed by atoms with van der Waals surface area (Å²) in [5.41, 5.74) is 1.11. The van der Waals surface area contributed by atoms with Crippen LogP contribution in [0.5, 0.6) is 0 Å². The van der Waals surface area contributed by atoms with E-state index in [9.17, 15) is 0 Å². The minimum absolute atomic E-state index is 0.571. The molecular formula is C13H19BrN2. The Morgan fingerprint density at radius 2 is 2.19 bits per heavy atom. The van der Waals surface area contributed by atoms with E-state index in [-0.39, 0.29) is 0 Å². The lowest BCUT2D eigenvalue weighted by atomic mass is 10.2. The van der Waals surface area contributed by atoms with Crippen LogP contribution in [0.1, 0.15) is 26.0 Å². The van der Waals surface area contributed by atoms with Crippen LogP contribution in [0.2, 0.25) is 0 Å². The zero-order chi connectivity index (χ0) is 11.8. The van der Waals surface area contributed by atoms with Gasteiger partial charge in [-0.2, -0.15) is 0 Å². The van der Waals surface area contributed by atoms with Crippen molar-refractivity contribution in [2.24, 2.45) is 0 Å². The second kappa shape index (κ2) is 7.58. The van der Waals surface area contributed by atoms with Gasteiger partial charge in [-0.1, -0.05) is 26.0 Å². The second-order valence-corrected chi connectivity index (χ2v) is 4.96. The van der Waals surface area contributed by atoms with E-state index in [4.69, 9.17) is 0 Å². The molecule has 0 saturated heterocycles. The Balaban J connectivity index is 2.19. The number of nitrogens with one attached hydrogen (secondary N) is 1. The van der Waals surface area contributed by atoms with Crippen molar-refractivity contribution >= 4 is 15.9 Å². The maximum absolute atomic E-state index is 4.31. The van der Waals surface area contributed by atoms with Gasteiger partial charge < -0.3 is 5.32 Å². The molecule has 0 aliphatic rings. The normalized spacial score (nSPS) is 11.5. The van der Waals surface area contributed by atoms with E-state index in [1.165, 1.54) is 0 Å². The molecule has 0 radical (unpaired) electrons. The van der Waals surface area contributed by atoms with E-state index >= 15 is 0 Å². The first-order valence-electron chi connectivity index (χ1n) is 5.67. The molecule has 0 spiro atoms. The molecule has 1 heterocycles. The number of hydrogen-bond acceptors (Lipinski definition) is 2. The van der Waals surface area contributed by atoms with Crippen LogP contribution in [0, 0.1) is 0 Å². The quantitative estimate of drug-likeness (QED) is 0.640. The summed E-state index contributed by atoms with van der Waals surface area (Å²) in [6.07, 6.45) is 8.21. The third kappa shape index (κ3) is 6.03. The van der Waals surface area contributed by atoms with Crippen LogP contribution in [0.25, 0.3) is 0 Å². The maximum Gasteiger partial charge on any atom is 0.0442 e. The van der Waals surface area contributed by atoms with E-state index in [0.29, 0.717) is 6.04 Å². The highest BCUT2D eigenvalue weighted by atomic mass is 79.9. The minimum Gasteiger partial charge on any atom is -0.314 e. The zero-order valence-corrected chi connectivity index (χ0v) is 11.5. The summed E-state index contributed by atoms with van der Waals surface area (Å²) in [5, 5.41) is 3.38. The molecule has 0 amide bonds. The minimum atomic E-state index is 0.571. The molecule has 0 aromatic carbocycles. The number of rotatable bonds is 6. The third-order valence-electron chi connectivity index (χ3n) is 2.15. The Hall–Kier alpha value is -0.670. The summed E-state index contributed by atoms with van der Waals surface area (Å²) in [6, 6.07) is 4.64. The first-order chi connectivity index (χ1) is 7.68. The molecule has 1 aromatic heterocycles. The fourth-order valence-electron chi connectivity index (χ4n) is 1.30. The number of nitrogens with zero attached hydrogens (tertiary/aromatic N) is 1. The standard InChI is InChI=1S/C13H19BrN2/c1-11(2)15-9-5-3-4-6-13-8-7-12(14)10-16-13/h3-4,7-8,10-11,15H,5-6,9H2,1-2H3/b4-3+. The Bertz CT molecular complexity index is 317. The van der Waals surface area contributed by atoms with Crippen LogP contribution in [-0.4, -0.2) is 17.6 Å². The molecule has 0 aliphatic carbocycles. The number of hydrogen-bond donors (Lipinski definition) is 1. The molecule has 16 heavy (non-hydrogen) atoms. The van der Waals surface area contributed by atoms with Crippen molar-refractivity contribution in [1.29, 1.82) is 0 Å². The van der Waals surface area contributed by atoms with E-state index < -0.39 is 0 Å². The van der Waals surface area contributed by atoms with Gasteiger partial charge in [-0.3, -0.25) is 4.98 Å². The first-order valence-corrected chi connectivity index (χ1v) is 6.46. The second-order valence-electron chi connectivity index (χ2n) is 4.04. The van der Waals surface area contributed by atoms with Gasteiger partial charge in [0.05, 0.1) is 0 Å². The van der Waals surface area contributed by atoms with Gasteiger partial charge in [0, 0.05) is 28.8 Å². The average molecular weight is 283 g/mol. The molecular weight excluding hydrogens is 264 g/mol. The predicted octanol–water partition coefficient (Wildman–Crippen LogP) is 3.33. The van der Waals surface area contributed by atoms with Gasteiger partial charge >= 0.3 is 0 Å².